The summed E-state index contributed by atoms with van der Waals surface area (Å²) in [6, 6.07) is 3.69. The van der Waals surface area contributed by atoms with Gasteiger partial charge >= 0.3 is 12.3 Å². The lowest BCUT2D eigenvalue weighted by atomic mass is 10.0. The van der Waals surface area contributed by atoms with Gasteiger partial charge in [-0.05, 0) is 35.6 Å². The van der Waals surface area contributed by atoms with Crippen LogP contribution in [-0.4, -0.2) is 32.9 Å². The Kier molecular flexibility index (Phi) is 6.14. The molecule has 0 aliphatic heterocycles. The van der Waals surface area contributed by atoms with Gasteiger partial charge in [-0.15, -0.1) is 18.3 Å². The summed E-state index contributed by atoms with van der Waals surface area (Å²) in [5, 5.41) is 15.4. The second-order valence-electron chi connectivity index (χ2n) is 5.14. The van der Waals surface area contributed by atoms with E-state index in [2.05, 4.69) is 19.6 Å². The Bertz CT molecular complexity index is 777. The molecule has 2 N–H and O–H groups in total. The van der Waals surface area contributed by atoms with Crippen molar-refractivity contribution >= 4 is 23.4 Å². The molecule has 11 heteroatoms. The first-order chi connectivity index (χ1) is 12.2. The molecule has 0 saturated heterocycles. The van der Waals surface area contributed by atoms with Crippen molar-refractivity contribution in [1.29, 1.82) is 0 Å². The van der Waals surface area contributed by atoms with Gasteiger partial charge in [-0.1, -0.05) is 23.5 Å². The number of rotatable bonds is 7. The number of carbonyl (C=O) groups excluding carboxylic acids is 1. The molecule has 140 valence electrons. The number of hydrogen-bond acceptors (Lipinski definition) is 6. The normalized spacial score (nSPS) is 12.5. The van der Waals surface area contributed by atoms with E-state index in [1.54, 1.807) is 6.92 Å². The monoisotopic (exact) mass is 389 g/mol. The Morgan fingerprint density at radius 3 is 2.50 bits per heavy atom. The average Bonchev–Trinajstić information content (AvgIpc) is 3.01. The van der Waals surface area contributed by atoms with Crippen molar-refractivity contribution in [2.75, 3.05) is 0 Å². The Labute approximate surface area is 150 Å². The van der Waals surface area contributed by atoms with Crippen LogP contribution in [0.5, 0.6) is 5.75 Å². The van der Waals surface area contributed by atoms with Gasteiger partial charge in [-0.25, -0.2) is 0 Å². The molecule has 0 radical (unpaired) electrons. The van der Waals surface area contributed by atoms with Crippen LogP contribution < -0.4 is 10.1 Å². The van der Waals surface area contributed by atoms with E-state index in [1.807, 2.05) is 0 Å². The van der Waals surface area contributed by atoms with E-state index >= 15 is 0 Å². The maximum atomic E-state index is 12.4. The van der Waals surface area contributed by atoms with Crippen LogP contribution in [0.4, 0.5) is 13.2 Å². The number of benzene rings is 1. The molecular formula is C15H14F3N3O4S. The van der Waals surface area contributed by atoms with Gasteiger partial charge in [-0.3, -0.25) is 9.59 Å². The zero-order valence-electron chi connectivity index (χ0n) is 13.4. The first-order valence-electron chi connectivity index (χ1n) is 7.39. The van der Waals surface area contributed by atoms with Crippen molar-refractivity contribution in [2.45, 2.75) is 32.2 Å². The van der Waals surface area contributed by atoms with Crippen LogP contribution in [0.2, 0.25) is 0 Å². The number of aromatic nitrogens is 2. The lowest BCUT2D eigenvalue weighted by Gasteiger charge is -2.18. The average molecular weight is 389 g/mol. The summed E-state index contributed by atoms with van der Waals surface area (Å²) in [6.07, 6.45) is -4.79. The molecule has 26 heavy (non-hydrogen) atoms. The lowest BCUT2D eigenvalue weighted by molar-refractivity contribution is -0.274. The molecule has 2 aromatic rings. The van der Waals surface area contributed by atoms with Crippen molar-refractivity contribution in [3.63, 3.8) is 0 Å². The summed E-state index contributed by atoms with van der Waals surface area (Å²) in [7, 11) is 0. The highest BCUT2D eigenvalue weighted by Crippen LogP contribution is 2.26. The van der Waals surface area contributed by atoms with E-state index in [-0.39, 0.29) is 4.88 Å². The Balaban J connectivity index is 2.19. The molecule has 0 aliphatic carbocycles. The van der Waals surface area contributed by atoms with Gasteiger partial charge in [0.15, 0.2) is 0 Å². The highest BCUT2D eigenvalue weighted by atomic mass is 32.1. The number of alkyl halides is 3. The molecule has 2 rings (SSSR count). The fourth-order valence-electron chi connectivity index (χ4n) is 2.16. The number of amides is 1. The van der Waals surface area contributed by atoms with Gasteiger partial charge < -0.3 is 15.2 Å². The second-order valence-corrected chi connectivity index (χ2v) is 5.90. The van der Waals surface area contributed by atoms with Gasteiger partial charge in [0.2, 0.25) is 0 Å². The molecule has 0 spiro atoms. The number of halogens is 3. The van der Waals surface area contributed by atoms with Crippen molar-refractivity contribution in [3.8, 4) is 5.75 Å². The molecule has 1 aromatic carbocycles. The highest BCUT2D eigenvalue weighted by molar-refractivity contribution is 7.08. The van der Waals surface area contributed by atoms with Crippen molar-refractivity contribution in [1.82, 2.24) is 14.9 Å². The minimum Gasteiger partial charge on any atom is -0.481 e. The molecule has 1 atom stereocenters. The highest BCUT2D eigenvalue weighted by Gasteiger charge is 2.31. The third-order valence-electron chi connectivity index (χ3n) is 3.30. The van der Waals surface area contributed by atoms with Crippen LogP contribution in [0.15, 0.2) is 24.3 Å². The number of carboxylic acid groups (broad SMARTS) is 1. The van der Waals surface area contributed by atoms with E-state index in [0.717, 1.165) is 23.7 Å². The molecule has 0 fully saturated rings. The maximum absolute atomic E-state index is 12.4. The van der Waals surface area contributed by atoms with Crippen molar-refractivity contribution < 1.29 is 32.6 Å². The Hall–Kier alpha value is -2.69. The number of nitrogens with one attached hydrogen (secondary N) is 1. The third kappa shape index (κ3) is 5.41. The zero-order chi connectivity index (χ0) is 19.3. The summed E-state index contributed by atoms with van der Waals surface area (Å²) in [5.74, 6) is -2.16. The quantitative estimate of drug-likeness (QED) is 0.755. The molecule has 1 unspecified atom stereocenters. The summed E-state index contributed by atoms with van der Waals surface area (Å²) < 4.78 is 44.1. The molecule has 7 nitrogen and oxygen atoms in total. The smallest absolute Gasteiger partial charge is 0.481 e. The van der Waals surface area contributed by atoms with Crippen LogP contribution in [0.1, 0.15) is 40.3 Å². The SMILES string of the molecule is CCc1nnsc1C(=O)NC(CC(=O)O)c1ccc(OC(F)(F)F)cc1. The van der Waals surface area contributed by atoms with Crippen LogP contribution in [-0.2, 0) is 11.2 Å². The van der Waals surface area contributed by atoms with Gasteiger partial charge in [0.1, 0.15) is 10.6 Å². The van der Waals surface area contributed by atoms with Gasteiger partial charge in [-0.2, -0.15) is 0 Å². The third-order valence-corrected chi connectivity index (χ3v) is 4.06. The standard InChI is InChI=1S/C15H14F3N3O4S/c1-2-10-13(26-21-20-10)14(24)19-11(7-12(22)23)8-3-5-9(6-4-8)25-15(16,17)18/h3-6,11H,2,7H2,1H3,(H,19,24)(H,22,23). The van der Waals surface area contributed by atoms with Gasteiger partial charge in [0.25, 0.3) is 5.91 Å². The summed E-state index contributed by atoms with van der Waals surface area (Å²) in [4.78, 5) is 23.7. The van der Waals surface area contributed by atoms with Crippen LogP contribution >= 0.6 is 11.5 Å². The van der Waals surface area contributed by atoms with Crippen molar-refractivity contribution in [2.24, 2.45) is 0 Å². The largest absolute Gasteiger partial charge is 0.573 e. The number of carbonyl (C=O) groups is 2. The van der Waals surface area contributed by atoms with E-state index < -0.39 is 36.5 Å². The number of nitrogens with zero attached hydrogens (tertiary/aromatic N) is 2. The fourth-order valence-corrected chi connectivity index (χ4v) is 2.82. The number of ether oxygens (including phenoxy) is 1. The van der Waals surface area contributed by atoms with Crippen molar-refractivity contribution in [3.05, 3.63) is 40.4 Å². The minimum atomic E-state index is -4.83. The van der Waals surface area contributed by atoms with E-state index in [4.69, 9.17) is 5.11 Å². The van der Waals surface area contributed by atoms with Gasteiger partial charge in [0, 0.05) is 0 Å². The predicted octanol–water partition coefficient (Wildman–Crippen LogP) is 2.94. The Morgan fingerprint density at radius 2 is 1.96 bits per heavy atom. The number of hydrogen-bond donors (Lipinski definition) is 2. The van der Waals surface area contributed by atoms with E-state index in [1.165, 1.54) is 12.1 Å². The summed E-state index contributed by atoms with van der Waals surface area (Å²) >= 11 is 0.882. The molecule has 1 heterocycles. The summed E-state index contributed by atoms with van der Waals surface area (Å²) in [5.41, 5.74) is 0.807. The lowest BCUT2D eigenvalue weighted by Crippen LogP contribution is -2.30. The van der Waals surface area contributed by atoms with Crippen LogP contribution in [0.3, 0.4) is 0 Å². The molecule has 0 bridgehead atoms. The van der Waals surface area contributed by atoms with Crippen LogP contribution in [0.25, 0.3) is 0 Å². The predicted molar refractivity (Wildman–Crippen MR) is 84.9 cm³/mol. The second kappa shape index (κ2) is 8.13. The first kappa shape index (κ1) is 19.6. The zero-order valence-corrected chi connectivity index (χ0v) is 14.2. The number of carboxylic acids is 1. The maximum Gasteiger partial charge on any atom is 0.573 e. The van der Waals surface area contributed by atoms with E-state index in [0.29, 0.717) is 17.7 Å². The minimum absolute atomic E-state index is 0.264. The number of aliphatic carboxylic acids is 1. The van der Waals surface area contributed by atoms with Crippen LogP contribution in [0, 0.1) is 0 Å². The number of aryl methyl sites for hydroxylation is 1. The molecule has 0 aliphatic rings. The summed E-state index contributed by atoms with van der Waals surface area (Å²) in [6.45, 7) is 1.79. The topological polar surface area (TPSA) is 101 Å². The van der Waals surface area contributed by atoms with Gasteiger partial charge in [0.05, 0.1) is 18.2 Å². The van der Waals surface area contributed by atoms with E-state index in [9.17, 15) is 22.8 Å². The fraction of sp³-hybridized carbons (Fsp3) is 0.333. The molecular weight excluding hydrogens is 375 g/mol. The Morgan fingerprint density at radius 1 is 1.31 bits per heavy atom. The molecule has 1 aromatic heterocycles. The molecule has 1 amide bonds. The molecule has 0 saturated carbocycles. The first-order valence-corrected chi connectivity index (χ1v) is 8.16.